The van der Waals surface area contributed by atoms with E-state index in [1.807, 2.05) is 62.4 Å². The maximum atomic E-state index is 13.9. The molecule has 0 aliphatic rings. The van der Waals surface area contributed by atoms with Crippen molar-refractivity contribution in [3.63, 3.8) is 0 Å². The third kappa shape index (κ3) is 3.49. The first kappa shape index (κ1) is 17.9. The molecule has 0 aliphatic carbocycles. The predicted molar refractivity (Wildman–Crippen MR) is 111 cm³/mol. The number of carbonyl (C=O) groups is 1. The van der Waals surface area contributed by atoms with Crippen LogP contribution in [0.3, 0.4) is 0 Å². The SMILES string of the molecule is Cc1ccc(NC(=O)c2cc(-c3ccccc3)nc3ccc(F)cc23)cc1C. The first-order chi connectivity index (χ1) is 13.5. The summed E-state index contributed by atoms with van der Waals surface area (Å²) in [7, 11) is 0. The number of carbonyl (C=O) groups excluding carboxylic acids is 1. The number of amides is 1. The van der Waals surface area contributed by atoms with Crippen LogP contribution in [0.5, 0.6) is 0 Å². The van der Waals surface area contributed by atoms with Gasteiger partial charge in [-0.25, -0.2) is 9.37 Å². The van der Waals surface area contributed by atoms with Gasteiger partial charge in [-0.1, -0.05) is 36.4 Å². The molecule has 4 heteroatoms. The molecule has 138 valence electrons. The van der Waals surface area contributed by atoms with Gasteiger partial charge in [-0.2, -0.15) is 0 Å². The van der Waals surface area contributed by atoms with Gasteiger partial charge in [-0.3, -0.25) is 4.79 Å². The lowest BCUT2D eigenvalue weighted by Gasteiger charge is -2.12. The van der Waals surface area contributed by atoms with Crippen molar-refractivity contribution in [2.24, 2.45) is 0 Å². The molecule has 4 rings (SSSR count). The molecule has 0 bridgehead atoms. The molecule has 0 saturated heterocycles. The molecule has 3 aromatic carbocycles. The maximum absolute atomic E-state index is 13.9. The summed E-state index contributed by atoms with van der Waals surface area (Å²) in [6.07, 6.45) is 0. The molecule has 1 heterocycles. The number of rotatable bonds is 3. The van der Waals surface area contributed by atoms with Gasteiger partial charge in [-0.05, 0) is 61.4 Å². The lowest BCUT2D eigenvalue weighted by molar-refractivity contribution is 0.102. The molecule has 0 spiro atoms. The second-order valence-electron chi connectivity index (χ2n) is 6.84. The second kappa shape index (κ2) is 7.24. The fourth-order valence-electron chi connectivity index (χ4n) is 3.16. The van der Waals surface area contributed by atoms with Crippen LogP contribution >= 0.6 is 0 Å². The summed E-state index contributed by atoms with van der Waals surface area (Å²) in [5.74, 6) is -0.694. The van der Waals surface area contributed by atoms with Gasteiger partial charge in [0.1, 0.15) is 5.82 Å². The number of nitrogens with one attached hydrogen (secondary N) is 1. The lowest BCUT2D eigenvalue weighted by atomic mass is 10.0. The van der Waals surface area contributed by atoms with Gasteiger partial charge < -0.3 is 5.32 Å². The van der Waals surface area contributed by atoms with Crippen LogP contribution in [-0.4, -0.2) is 10.9 Å². The van der Waals surface area contributed by atoms with Crippen LogP contribution in [0.1, 0.15) is 21.5 Å². The van der Waals surface area contributed by atoms with E-state index in [9.17, 15) is 9.18 Å². The Hall–Kier alpha value is -3.53. The zero-order valence-corrected chi connectivity index (χ0v) is 15.7. The van der Waals surface area contributed by atoms with E-state index in [1.54, 1.807) is 12.1 Å². The Kier molecular flexibility index (Phi) is 4.62. The summed E-state index contributed by atoms with van der Waals surface area (Å²) in [6.45, 7) is 4.02. The van der Waals surface area contributed by atoms with Crippen LogP contribution in [0.25, 0.3) is 22.2 Å². The number of halogens is 1. The Bertz CT molecular complexity index is 1190. The number of aryl methyl sites for hydroxylation is 2. The summed E-state index contributed by atoms with van der Waals surface area (Å²) in [5, 5.41) is 3.41. The molecule has 1 amide bonds. The lowest BCUT2D eigenvalue weighted by Crippen LogP contribution is -2.13. The highest BCUT2D eigenvalue weighted by atomic mass is 19.1. The minimum absolute atomic E-state index is 0.293. The highest BCUT2D eigenvalue weighted by molar-refractivity contribution is 6.13. The molecule has 3 nitrogen and oxygen atoms in total. The largest absolute Gasteiger partial charge is 0.322 e. The van der Waals surface area contributed by atoms with Crippen LogP contribution in [0.4, 0.5) is 10.1 Å². The summed E-state index contributed by atoms with van der Waals surface area (Å²) in [6, 6.07) is 21.4. The number of nitrogens with zero attached hydrogens (tertiary/aromatic N) is 1. The van der Waals surface area contributed by atoms with Crippen molar-refractivity contribution in [2.45, 2.75) is 13.8 Å². The molecule has 0 aliphatic heterocycles. The first-order valence-electron chi connectivity index (χ1n) is 9.05. The third-order valence-corrected chi connectivity index (χ3v) is 4.85. The van der Waals surface area contributed by atoms with Crippen molar-refractivity contribution in [3.05, 3.63) is 95.3 Å². The molecule has 1 aromatic heterocycles. The van der Waals surface area contributed by atoms with Crippen LogP contribution in [-0.2, 0) is 0 Å². The topological polar surface area (TPSA) is 42.0 Å². The van der Waals surface area contributed by atoms with Crippen molar-refractivity contribution in [2.75, 3.05) is 5.32 Å². The molecule has 0 unspecified atom stereocenters. The number of fused-ring (bicyclic) bond motifs is 1. The molecule has 0 atom stereocenters. The Morgan fingerprint density at radius 3 is 2.43 bits per heavy atom. The minimum atomic E-state index is -0.401. The Morgan fingerprint density at radius 2 is 1.68 bits per heavy atom. The highest BCUT2D eigenvalue weighted by Gasteiger charge is 2.15. The van der Waals surface area contributed by atoms with E-state index in [4.69, 9.17) is 0 Å². The van der Waals surface area contributed by atoms with E-state index < -0.39 is 5.82 Å². The van der Waals surface area contributed by atoms with Gasteiger partial charge in [0.05, 0.1) is 16.8 Å². The van der Waals surface area contributed by atoms with Crippen molar-refractivity contribution < 1.29 is 9.18 Å². The van der Waals surface area contributed by atoms with Gasteiger partial charge in [0.15, 0.2) is 0 Å². The Labute approximate surface area is 162 Å². The highest BCUT2D eigenvalue weighted by Crippen LogP contribution is 2.26. The molecule has 28 heavy (non-hydrogen) atoms. The zero-order chi connectivity index (χ0) is 19.7. The number of pyridine rings is 1. The summed E-state index contributed by atoms with van der Waals surface area (Å²) < 4.78 is 13.9. The molecular formula is C24H19FN2O. The summed E-state index contributed by atoms with van der Waals surface area (Å²) in [4.78, 5) is 17.7. The Balaban J connectivity index is 1.82. The number of benzene rings is 3. The number of hydrogen-bond acceptors (Lipinski definition) is 2. The van der Waals surface area contributed by atoms with E-state index in [-0.39, 0.29) is 5.91 Å². The van der Waals surface area contributed by atoms with Gasteiger partial charge in [0, 0.05) is 16.6 Å². The van der Waals surface area contributed by atoms with Gasteiger partial charge in [0.25, 0.3) is 5.91 Å². The molecule has 1 N–H and O–H groups in total. The molecule has 4 aromatic rings. The van der Waals surface area contributed by atoms with Gasteiger partial charge >= 0.3 is 0 Å². The number of aromatic nitrogens is 1. The average molecular weight is 370 g/mol. The average Bonchev–Trinajstić information content (AvgIpc) is 2.70. The Morgan fingerprint density at radius 1 is 0.893 bits per heavy atom. The van der Waals surface area contributed by atoms with Crippen molar-refractivity contribution in [3.8, 4) is 11.3 Å². The monoisotopic (exact) mass is 370 g/mol. The molecule has 0 saturated carbocycles. The normalized spacial score (nSPS) is 10.8. The van der Waals surface area contributed by atoms with E-state index in [2.05, 4.69) is 10.3 Å². The number of anilines is 1. The van der Waals surface area contributed by atoms with E-state index in [1.165, 1.54) is 12.1 Å². The maximum Gasteiger partial charge on any atom is 0.256 e. The smallest absolute Gasteiger partial charge is 0.256 e. The van der Waals surface area contributed by atoms with Crippen molar-refractivity contribution in [1.29, 1.82) is 0 Å². The van der Waals surface area contributed by atoms with Crippen molar-refractivity contribution >= 4 is 22.5 Å². The van der Waals surface area contributed by atoms with Gasteiger partial charge in [0.2, 0.25) is 0 Å². The van der Waals surface area contributed by atoms with E-state index >= 15 is 0 Å². The third-order valence-electron chi connectivity index (χ3n) is 4.85. The zero-order valence-electron chi connectivity index (χ0n) is 15.7. The summed E-state index contributed by atoms with van der Waals surface area (Å²) >= 11 is 0. The molecule has 0 fully saturated rings. The van der Waals surface area contributed by atoms with Gasteiger partial charge in [-0.15, -0.1) is 0 Å². The summed E-state index contributed by atoms with van der Waals surface area (Å²) in [5.41, 5.74) is 5.48. The van der Waals surface area contributed by atoms with Crippen LogP contribution in [0, 0.1) is 19.7 Å². The first-order valence-corrected chi connectivity index (χ1v) is 9.05. The fourth-order valence-corrected chi connectivity index (χ4v) is 3.16. The van der Waals surface area contributed by atoms with Crippen LogP contribution < -0.4 is 5.32 Å². The van der Waals surface area contributed by atoms with Crippen molar-refractivity contribution in [1.82, 2.24) is 4.98 Å². The predicted octanol–water partition coefficient (Wildman–Crippen LogP) is 5.91. The van der Waals surface area contributed by atoms with E-state index in [0.29, 0.717) is 27.8 Å². The molecular weight excluding hydrogens is 351 g/mol. The fraction of sp³-hybridized carbons (Fsp3) is 0.0833. The standard InChI is InChI=1S/C24H19FN2O/c1-15-8-10-19(12-16(15)2)26-24(28)21-14-23(17-6-4-3-5-7-17)27-22-11-9-18(25)13-20(21)22/h3-14H,1-2H3,(H,26,28). The molecule has 0 radical (unpaired) electrons. The second-order valence-corrected chi connectivity index (χ2v) is 6.84. The van der Waals surface area contributed by atoms with Crippen LogP contribution in [0.2, 0.25) is 0 Å². The quantitative estimate of drug-likeness (QED) is 0.487. The minimum Gasteiger partial charge on any atom is -0.322 e. The number of hydrogen-bond donors (Lipinski definition) is 1. The van der Waals surface area contributed by atoms with Crippen LogP contribution in [0.15, 0.2) is 72.8 Å². The van der Waals surface area contributed by atoms with E-state index in [0.717, 1.165) is 16.7 Å².